The first-order valence-electron chi connectivity index (χ1n) is 10.4. The minimum Gasteiger partial charge on any atom is -0.302 e. The zero-order chi connectivity index (χ0) is 21.0. The fourth-order valence-electron chi connectivity index (χ4n) is 4.72. The molecule has 0 spiro atoms. The Morgan fingerprint density at radius 1 is 1.10 bits per heavy atom. The molecule has 0 N–H and O–H groups in total. The second-order valence-electron chi connectivity index (χ2n) is 8.55. The zero-order valence-electron chi connectivity index (χ0n) is 17.2. The van der Waals surface area contributed by atoms with E-state index in [0.29, 0.717) is 10.8 Å². The molecule has 0 saturated heterocycles. The Hall–Kier alpha value is -1.64. The molecule has 1 aliphatic carbocycles. The maximum absolute atomic E-state index is 13.7. The molecule has 0 saturated carbocycles. The van der Waals surface area contributed by atoms with Crippen LogP contribution in [0.25, 0.3) is 16.5 Å². The van der Waals surface area contributed by atoms with Gasteiger partial charge in [-0.1, -0.05) is 19.1 Å². The molecule has 156 valence electrons. The summed E-state index contributed by atoms with van der Waals surface area (Å²) in [5.41, 5.74) is 5.48. The second kappa shape index (κ2) is 7.50. The van der Waals surface area contributed by atoms with Crippen LogP contribution in [0.2, 0.25) is 0 Å². The second-order valence-corrected chi connectivity index (χ2v) is 11.6. The van der Waals surface area contributed by atoms with E-state index in [9.17, 15) is 8.42 Å². The van der Waals surface area contributed by atoms with Gasteiger partial charge in [0.05, 0.1) is 10.4 Å². The third-order valence-corrected chi connectivity index (χ3v) is 8.88. The monoisotopic (exact) mass is 532 g/mol. The smallest absolute Gasteiger partial charge is 0.268 e. The molecule has 1 atom stereocenters. The van der Waals surface area contributed by atoms with E-state index in [-0.39, 0.29) is 0 Å². The third-order valence-electron chi connectivity index (χ3n) is 6.54. The highest BCUT2D eigenvalue weighted by molar-refractivity contribution is 14.1. The highest BCUT2D eigenvalue weighted by Crippen LogP contribution is 2.36. The minimum atomic E-state index is -3.67. The molecule has 2 heterocycles. The lowest BCUT2D eigenvalue weighted by Gasteiger charge is -2.21. The SMILES string of the molecule is C[C@@H]1CCc2cc(S(=O)(=O)n3cc(C4=CCN(C)CC4)c4cc(I)ccc43)ccc21. The Kier molecular flexibility index (Phi) is 5.07. The topological polar surface area (TPSA) is 42.3 Å². The van der Waals surface area contributed by atoms with Crippen molar-refractivity contribution in [1.29, 1.82) is 0 Å². The number of fused-ring (bicyclic) bond motifs is 2. The molecular weight excluding hydrogens is 507 g/mol. The molecule has 1 aromatic heterocycles. The van der Waals surface area contributed by atoms with Crippen LogP contribution in [-0.4, -0.2) is 37.4 Å². The van der Waals surface area contributed by atoms with E-state index in [0.717, 1.165) is 52.4 Å². The van der Waals surface area contributed by atoms with E-state index in [4.69, 9.17) is 0 Å². The van der Waals surface area contributed by atoms with Crippen molar-refractivity contribution in [3.05, 3.63) is 68.9 Å². The van der Waals surface area contributed by atoms with Crippen LogP contribution in [0.4, 0.5) is 0 Å². The number of hydrogen-bond donors (Lipinski definition) is 0. The molecule has 2 aromatic carbocycles. The van der Waals surface area contributed by atoms with Gasteiger partial charge in [0.1, 0.15) is 0 Å². The maximum Gasteiger partial charge on any atom is 0.268 e. The van der Waals surface area contributed by atoms with Crippen molar-refractivity contribution in [2.75, 3.05) is 20.1 Å². The Morgan fingerprint density at radius 2 is 1.93 bits per heavy atom. The molecule has 0 amide bonds. The molecule has 30 heavy (non-hydrogen) atoms. The summed E-state index contributed by atoms with van der Waals surface area (Å²) in [6.07, 6.45) is 7.04. The number of aryl methyl sites for hydroxylation is 1. The number of likely N-dealkylation sites (N-methyl/N-ethyl adjacent to an activating group) is 1. The Labute approximate surface area is 191 Å². The van der Waals surface area contributed by atoms with Gasteiger partial charge in [-0.3, -0.25) is 0 Å². The molecule has 0 unspecified atom stereocenters. The van der Waals surface area contributed by atoms with Gasteiger partial charge >= 0.3 is 0 Å². The third kappa shape index (κ3) is 3.33. The summed E-state index contributed by atoms with van der Waals surface area (Å²) >= 11 is 2.30. The average Bonchev–Trinajstić information content (AvgIpc) is 3.29. The van der Waals surface area contributed by atoms with Gasteiger partial charge < -0.3 is 4.90 Å². The van der Waals surface area contributed by atoms with Crippen LogP contribution in [0.3, 0.4) is 0 Å². The summed E-state index contributed by atoms with van der Waals surface area (Å²) in [6.45, 7) is 4.09. The van der Waals surface area contributed by atoms with Crippen molar-refractivity contribution in [3.8, 4) is 0 Å². The van der Waals surface area contributed by atoms with Crippen molar-refractivity contribution in [1.82, 2.24) is 8.87 Å². The number of rotatable bonds is 3. The van der Waals surface area contributed by atoms with Crippen LogP contribution in [0.1, 0.15) is 42.4 Å². The van der Waals surface area contributed by atoms with Gasteiger partial charge in [0.2, 0.25) is 0 Å². The van der Waals surface area contributed by atoms with Crippen molar-refractivity contribution in [2.24, 2.45) is 0 Å². The molecule has 2 aliphatic rings. The molecular formula is C24H25IN2O2S. The lowest BCUT2D eigenvalue weighted by molar-refractivity contribution is 0.370. The van der Waals surface area contributed by atoms with E-state index >= 15 is 0 Å². The lowest BCUT2D eigenvalue weighted by Crippen LogP contribution is -2.23. The van der Waals surface area contributed by atoms with Gasteiger partial charge in [-0.2, -0.15) is 0 Å². The lowest BCUT2D eigenvalue weighted by atomic mass is 9.99. The first kappa shape index (κ1) is 20.3. The van der Waals surface area contributed by atoms with Gasteiger partial charge in [-0.15, -0.1) is 0 Å². The molecule has 4 nitrogen and oxygen atoms in total. The summed E-state index contributed by atoms with van der Waals surface area (Å²) in [7, 11) is -1.56. The maximum atomic E-state index is 13.7. The Morgan fingerprint density at radius 3 is 2.70 bits per heavy atom. The summed E-state index contributed by atoms with van der Waals surface area (Å²) in [4.78, 5) is 2.66. The highest BCUT2D eigenvalue weighted by atomic mass is 127. The van der Waals surface area contributed by atoms with Crippen LogP contribution >= 0.6 is 22.6 Å². The van der Waals surface area contributed by atoms with Crippen LogP contribution in [-0.2, 0) is 16.4 Å². The summed E-state index contributed by atoms with van der Waals surface area (Å²) in [5, 5.41) is 1.01. The van der Waals surface area contributed by atoms with Gasteiger partial charge in [0, 0.05) is 33.8 Å². The number of benzene rings is 2. The van der Waals surface area contributed by atoms with E-state index < -0.39 is 10.0 Å². The van der Waals surface area contributed by atoms with Gasteiger partial charge in [-0.05, 0) is 102 Å². The Balaban J connectivity index is 1.67. The van der Waals surface area contributed by atoms with Crippen LogP contribution in [0, 0.1) is 3.57 Å². The molecule has 1 aliphatic heterocycles. The zero-order valence-corrected chi connectivity index (χ0v) is 20.2. The van der Waals surface area contributed by atoms with E-state index in [2.05, 4.69) is 53.6 Å². The molecule has 0 fully saturated rings. The van der Waals surface area contributed by atoms with Crippen LogP contribution in [0.15, 0.2) is 53.6 Å². The number of hydrogen-bond acceptors (Lipinski definition) is 3. The number of halogens is 1. The fourth-order valence-corrected chi connectivity index (χ4v) is 6.64. The van der Waals surface area contributed by atoms with Crippen molar-refractivity contribution in [2.45, 2.75) is 37.0 Å². The molecule has 0 bridgehead atoms. The summed E-state index contributed by atoms with van der Waals surface area (Å²) < 4.78 is 30.0. The number of aromatic nitrogens is 1. The quantitative estimate of drug-likeness (QED) is 0.433. The predicted molar refractivity (Wildman–Crippen MR) is 131 cm³/mol. The van der Waals surface area contributed by atoms with E-state index in [1.165, 1.54) is 20.7 Å². The average molecular weight is 532 g/mol. The first-order chi connectivity index (χ1) is 14.3. The largest absolute Gasteiger partial charge is 0.302 e. The Bertz CT molecular complexity index is 1290. The summed E-state index contributed by atoms with van der Waals surface area (Å²) in [5.74, 6) is 0.509. The minimum absolute atomic E-state index is 0.384. The van der Waals surface area contributed by atoms with Gasteiger partial charge in [0.25, 0.3) is 10.0 Å². The van der Waals surface area contributed by atoms with Crippen LogP contribution < -0.4 is 0 Å². The van der Waals surface area contributed by atoms with Crippen molar-refractivity contribution < 1.29 is 8.42 Å². The highest BCUT2D eigenvalue weighted by Gasteiger charge is 2.26. The fraction of sp³-hybridized carbons (Fsp3) is 0.333. The normalized spacial score (nSPS) is 19.8. The molecule has 6 heteroatoms. The predicted octanol–water partition coefficient (Wildman–Crippen LogP) is 5.25. The molecule has 3 aromatic rings. The van der Waals surface area contributed by atoms with Crippen LogP contribution in [0.5, 0.6) is 0 Å². The standard InChI is InChI=1S/C24H25IN2O2S/c1-16-3-4-18-13-20(6-7-21(16)18)30(28,29)27-15-23(17-9-11-26(2)12-10-17)22-14-19(25)5-8-24(22)27/h5-9,13-16H,3-4,10-12H2,1-2H3/t16-/m1/s1. The number of nitrogens with zero attached hydrogens (tertiary/aromatic N) is 2. The first-order valence-corrected chi connectivity index (χ1v) is 12.9. The van der Waals surface area contributed by atoms with E-state index in [1.807, 2.05) is 30.5 Å². The molecule has 5 rings (SSSR count). The van der Waals surface area contributed by atoms with Gasteiger partial charge in [0.15, 0.2) is 0 Å². The van der Waals surface area contributed by atoms with Crippen molar-refractivity contribution >= 4 is 49.1 Å². The van der Waals surface area contributed by atoms with E-state index in [1.54, 1.807) is 6.07 Å². The molecule has 0 radical (unpaired) electrons. The summed E-state index contributed by atoms with van der Waals surface area (Å²) in [6, 6.07) is 11.7. The van der Waals surface area contributed by atoms with Crippen molar-refractivity contribution in [3.63, 3.8) is 0 Å². The van der Waals surface area contributed by atoms with Gasteiger partial charge in [-0.25, -0.2) is 12.4 Å².